The molecule has 0 bridgehead atoms. The highest BCUT2D eigenvalue weighted by Gasteiger charge is 2.29. The molecule has 4 nitrogen and oxygen atoms in total. The Morgan fingerprint density at radius 3 is 2.71 bits per heavy atom. The lowest BCUT2D eigenvalue weighted by atomic mass is 10.4. The van der Waals surface area contributed by atoms with E-state index in [9.17, 15) is 0 Å². The van der Waals surface area contributed by atoms with Crippen molar-refractivity contribution in [3.8, 4) is 0 Å². The van der Waals surface area contributed by atoms with Crippen molar-refractivity contribution in [1.29, 1.82) is 0 Å². The Morgan fingerprint density at radius 2 is 2.18 bits per heavy atom. The third kappa shape index (κ3) is 3.03. The van der Waals surface area contributed by atoms with Gasteiger partial charge < -0.3 is 10.2 Å². The summed E-state index contributed by atoms with van der Waals surface area (Å²) in [5.74, 6) is 1.99. The number of aromatic nitrogens is 2. The molecule has 1 N–H and O–H groups in total. The molecule has 5 heteroatoms. The van der Waals surface area contributed by atoms with E-state index in [0.717, 1.165) is 29.9 Å². The summed E-state index contributed by atoms with van der Waals surface area (Å²) in [5, 5.41) is 4.11. The summed E-state index contributed by atoms with van der Waals surface area (Å²) in [6, 6.07) is 2.75. The van der Waals surface area contributed by atoms with Crippen LogP contribution in [-0.4, -0.2) is 35.4 Å². The first-order valence-corrected chi connectivity index (χ1v) is 7.44. The van der Waals surface area contributed by atoms with E-state index in [1.54, 1.807) is 11.8 Å². The molecular weight excluding hydrogens is 232 g/mol. The van der Waals surface area contributed by atoms with E-state index in [1.807, 2.05) is 6.26 Å². The Bertz CT molecular complexity index is 379. The minimum absolute atomic E-state index is 0.694. The van der Waals surface area contributed by atoms with Gasteiger partial charge in [0.15, 0.2) is 5.16 Å². The van der Waals surface area contributed by atoms with Gasteiger partial charge in [-0.25, -0.2) is 9.97 Å². The van der Waals surface area contributed by atoms with Crippen LogP contribution >= 0.6 is 11.8 Å². The standard InChI is InChI=1S/C12H20N4S/c1-4-13-10-8-11(15-12(14-10)17-3)16(5-2)9-6-7-9/h8-9H,4-7H2,1-3H3,(H,13,14,15). The van der Waals surface area contributed by atoms with Crippen molar-refractivity contribution < 1.29 is 0 Å². The van der Waals surface area contributed by atoms with Crippen molar-refractivity contribution >= 4 is 23.4 Å². The zero-order chi connectivity index (χ0) is 12.3. The van der Waals surface area contributed by atoms with Crippen LogP contribution in [0.1, 0.15) is 26.7 Å². The number of rotatable bonds is 6. The van der Waals surface area contributed by atoms with Gasteiger partial charge in [0, 0.05) is 25.2 Å². The second-order valence-electron chi connectivity index (χ2n) is 4.15. The van der Waals surface area contributed by atoms with Crippen LogP contribution in [0.25, 0.3) is 0 Å². The zero-order valence-corrected chi connectivity index (χ0v) is 11.5. The highest BCUT2D eigenvalue weighted by molar-refractivity contribution is 7.98. The molecule has 0 spiro atoms. The van der Waals surface area contributed by atoms with Gasteiger partial charge in [-0.3, -0.25) is 0 Å². The Hall–Kier alpha value is -0.970. The molecule has 1 aliphatic rings. The van der Waals surface area contributed by atoms with E-state index < -0.39 is 0 Å². The molecule has 1 heterocycles. The maximum atomic E-state index is 4.60. The fraction of sp³-hybridized carbons (Fsp3) is 0.667. The quantitative estimate of drug-likeness (QED) is 0.622. The molecule has 0 aromatic carbocycles. The molecule has 17 heavy (non-hydrogen) atoms. The van der Waals surface area contributed by atoms with Gasteiger partial charge in [0.2, 0.25) is 0 Å². The van der Waals surface area contributed by atoms with Crippen LogP contribution in [0.2, 0.25) is 0 Å². The lowest BCUT2D eigenvalue weighted by Crippen LogP contribution is -2.26. The SMILES string of the molecule is CCNc1cc(N(CC)C2CC2)nc(SC)n1. The molecule has 0 aliphatic heterocycles. The maximum Gasteiger partial charge on any atom is 0.191 e. The lowest BCUT2D eigenvalue weighted by Gasteiger charge is -2.22. The normalized spacial score (nSPS) is 14.8. The predicted octanol–water partition coefficient (Wildman–Crippen LogP) is 2.62. The molecule has 0 atom stereocenters. The summed E-state index contributed by atoms with van der Waals surface area (Å²) in [5.41, 5.74) is 0. The molecule has 94 valence electrons. The largest absolute Gasteiger partial charge is 0.370 e. The van der Waals surface area contributed by atoms with Gasteiger partial charge in [0.1, 0.15) is 11.6 Å². The molecule has 1 aromatic heterocycles. The Balaban J connectivity index is 2.27. The van der Waals surface area contributed by atoms with Crippen molar-refractivity contribution in [2.45, 2.75) is 37.9 Å². The maximum absolute atomic E-state index is 4.60. The third-order valence-electron chi connectivity index (χ3n) is 2.86. The Kier molecular flexibility index (Phi) is 4.10. The predicted molar refractivity (Wildman–Crippen MR) is 74.0 cm³/mol. The van der Waals surface area contributed by atoms with Crippen molar-refractivity contribution in [2.75, 3.05) is 29.6 Å². The Labute approximate surface area is 107 Å². The van der Waals surface area contributed by atoms with Crippen LogP contribution in [0.3, 0.4) is 0 Å². The molecule has 1 aliphatic carbocycles. The van der Waals surface area contributed by atoms with Crippen LogP contribution in [0.15, 0.2) is 11.2 Å². The molecule has 1 saturated carbocycles. The average molecular weight is 252 g/mol. The minimum Gasteiger partial charge on any atom is -0.370 e. The number of nitrogens with one attached hydrogen (secondary N) is 1. The molecule has 0 unspecified atom stereocenters. The monoisotopic (exact) mass is 252 g/mol. The molecule has 1 fully saturated rings. The van der Waals surface area contributed by atoms with E-state index in [-0.39, 0.29) is 0 Å². The molecule has 2 rings (SSSR count). The second kappa shape index (κ2) is 5.58. The molecule has 0 radical (unpaired) electrons. The van der Waals surface area contributed by atoms with E-state index in [4.69, 9.17) is 0 Å². The van der Waals surface area contributed by atoms with Crippen molar-refractivity contribution in [3.05, 3.63) is 6.07 Å². The van der Waals surface area contributed by atoms with Crippen LogP contribution in [0.4, 0.5) is 11.6 Å². The van der Waals surface area contributed by atoms with Gasteiger partial charge in [-0.15, -0.1) is 0 Å². The van der Waals surface area contributed by atoms with Gasteiger partial charge in [-0.2, -0.15) is 0 Å². The summed E-state index contributed by atoms with van der Waals surface area (Å²) in [6.45, 7) is 6.17. The fourth-order valence-electron chi connectivity index (χ4n) is 1.92. The van der Waals surface area contributed by atoms with Gasteiger partial charge in [0.25, 0.3) is 0 Å². The first-order chi connectivity index (χ1) is 8.28. The van der Waals surface area contributed by atoms with E-state index in [2.05, 4.69) is 40.1 Å². The summed E-state index contributed by atoms with van der Waals surface area (Å²) in [4.78, 5) is 11.4. The van der Waals surface area contributed by atoms with Gasteiger partial charge >= 0.3 is 0 Å². The van der Waals surface area contributed by atoms with Gasteiger partial charge in [-0.1, -0.05) is 11.8 Å². The Morgan fingerprint density at radius 1 is 1.41 bits per heavy atom. The number of hydrogen-bond donors (Lipinski definition) is 1. The molecule has 1 aromatic rings. The number of hydrogen-bond acceptors (Lipinski definition) is 5. The summed E-state index contributed by atoms with van der Waals surface area (Å²) < 4.78 is 0. The van der Waals surface area contributed by atoms with E-state index in [0.29, 0.717) is 6.04 Å². The van der Waals surface area contributed by atoms with Crippen molar-refractivity contribution in [3.63, 3.8) is 0 Å². The zero-order valence-electron chi connectivity index (χ0n) is 10.7. The van der Waals surface area contributed by atoms with Crippen LogP contribution in [-0.2, 0) is 0 Å². The van der Waals surface area contributed by atoms with Gasteiger partial charge in [0.05, 0.1) is 0 Å². The number of anilines is 2. The lowest BCUT2D eigenvalue weighted by molar-refractivity contribution is 0.788. The molecule has 0 amide bonds. The van der Waals surface area contributed by atoms with Crippen LogP contribution in [0, 0.1) is 0 Å². The highest BCUT2D eigenvalue weighted by Crippen LogP contribution is 2.31. The smallest absolute Gasteiger partial charge is 0.191 e. The first-order valence-electron chi connectivity index (χ1n) is 6.22. The topological polar surface area (TPSA) is 41.0 Å². The van der Waals surface area contributed by atoms with Crippen LogP contribution in [0.5, 0.6) is 0 Å². The average Bonchev–Trinajstić information content (AvgIpc) is 3.15. The fourth-order valence-corrected chi connectivity index (χ4v) is 2.29. The third-order valence-corrected chi connectivity index (χ3v) is 3.40. The summed E-state index contributed by atoms with van der Waals surface area (Å²) in [7, 11) is 0. The van der Waals surface area contributed by atoms with Crippen molar-refractivity contribution in [2.24, 2.45) is 0 Å². The highest BCUT2D eigenvalue weighted by atomic mass is 32.2. The summed E-state index contributed by atoms with van der Waals surface area (Å²) in [6.07, 6.45) is 4.61. The minimum atomic E-state index is 0.694. The van der Waals surface area contributed by atoms with Crippen LogP contribution < -0.4 is 10.2 Å². The van der Waals surface area contributed by atoms with E-state index in [1.165, 1.54) is 12.8 Å². The van der Waals surface area contributed by atoms with Crippen molar-refractivity contribution in [1.82, 2.24) is 9.97 Å². The molecular formula is C12H20N4S. The number of nitrogens with zero attached hydrogens (tertiary/aromatic N) is 3. The summed E-state index contributed by atoms with van der Waals surface area (Å²) >= 11 is 1.59. The number of thioether (sulfide) groups is 1. The first kappa shape index (κ1) is 12.5. The van der Waals surface area contributed by atoms with Gasteiger partial charge in [-0.05, 0) is 32.9 Å². The molecule has 0 saturated heterocycles. The van der Waals surface area contributed by atoms with E-state index >= 15 is 0 Å². The second-order valence-corrected chi connectivity index (χ2v) is 4.92.